The zero-order valence-corrected chi connectivity index (χ0v) is 18.3. The molecule has 2 aromatic rings. The van der Waals surface area contributed by atoms with E-state index in [4.69, 9.17) is 0 Å². The van der Waals surface area contributed by atoms with Crippen LogP contribution in [0.2, 0.25) is 0 Å². The summed E-state index contributed by atoms with van der Waals surface area (Å²) in [6.07, 6.45) is 5.93. The Bertz CT molecular complexity index is 833. The third-order valence-electron chi connectivity index (χ3n) is 6.78. The molecule has 2 aliphatic heterocycles. The second-order valence-corrected chi connectivity index (χ2v) is 9.07. The predicted molar refractivity (Wildman–Crippen MR) is 120 cm³/mol. The maximum absolute atomic E-state index is 13.0. The summed E-state index contributed by atoms with van der Waals surface area (Å²) in [7, 11) is 0. The van der Waals surface area contributed by atoms with E-state index in [1.54, 1.807) is 0 Å². The first-order valence-corrected chi connectivity index (χ1v) is 11.4. The van der Waals surface area contributed by atoms with Gasteiger partial charge >= 0.3 is 0 Å². The van der Waals surface area contributed by atoms with Gasteiger partial charge in [-0.25, -0.2) is 0 Å². The Labute approximate surface area is 175 Å². The molecule has 5 nitrogen and oxygen atoms in total. The minimum absolute atomic E-state index is 0.165. The number of piperidine rings is 1. The van der Waals surface area contributed by atoms with Crippen molar-refractivity contribution in [1.82, 2.24) is 19.7 Å². The number of likely N-dealkylation sites (tertiary alicyclic amines) is 1. The van der Waals surface area contributed by atoms with Gasteiger partial charge in [-0.15, -0.1) is 0 Å². The van der Waals surface area contributed by atoms with Gasteiger partial charge in [-0.2, -0.15) is 0 Å². The smallest absolute Gasteiger partial charge is 0.254 e. The Balaban J connectivity index is 1.47. The van der Waals surface area contributed by atoms with E-state index in [0.717, 1.165) is 43.8 Å². The van der Waals surface area contributed by atoms with Gasteiger partial charge in [0, 0.05) is 61.4 Å². The van der Waals surface area contributed by atoms with Gasteiger partial charge in [-0.1, -0.05) is 13.0 Å². The minimum atomic E-state index is 0.165. The van der Waals surface area contributed by atoms with Crippen LogP contribution in [-0.2, 0) is 0 Å². The molecule has 0 saturated carbocycles. The number of carbonyl (C=O) groups excluding carboxylic acids is 1. The lowest BCUT2D eigenvalue weighted by Gasteiger charge is -2.37. The van der Waals surface area contributed by atoms with Gasteiger partial charge in [0.05, 0.1) is 0 Å². The van der Waals surface area contributed by atoms with Crippen LogP contribution in [0.25, 0.3) is 10.9 Å². The highest BCUT2D eigenvalue weighted by molar-refractivity contribution is 5.98. The van der Waals surface area contributed by atoms with E-state index in [1.165, 1.54) is 43.3 Å². The molecule has 1 unspecified atom stereocenters. The molecular weight excluding hydrogens is 360 g/mol. The van der Waals surface area contributed by atoms with E-state index in [-0.39, 0.29) is 5.91 Å². The lowest BCUT2D eigenvalue weighted by molar-refractivity contribution is 0.0595. The molecule has 5 heteroatoms. The van der Waals surface area contributed by atoms with E-state index in [2.05, 4.69) is 53.9 Å². The molecule has 1 amide bonds. The largest absolute Gasteiger partial charge is 0.361 e. The fourth-order valence-electron chi connectivity index (χ4n) is 5.07. The first-order chi connectivity index (χ1) is 14.1. The molecule has 1 N–H and O–H groups in total. The summed E-state index contributed by atoms with van der Waals surface area (Å²) in [6, 6.07) is 6.80. The number of benzene rings is 1. The molecule has 0 aliphatic carbocycles. The second kappa shape index (κ2) is 8.88. The third-order valence-corrected chi connectivity index (χ3v) is 6.78. The highest BCUT2D eigenvalue weighted by atomic mass is 16.2. The van der Waals surface area contributed by atoms with Gasteiger partial charge in [-0.3, -0.25) is 9.69 Å². The van der Waals surface area contributed by atoms with Crippen molar-refractivity contribution in [2.24, 2.45) is 0 Å². The topological polar surface area (TPSA) is 42.6 Å². The molecule has 0 radical (unpaired) electrons. The van der Waals surface area contributed by atoms with E-state index in [0.29, 0.717) is 12.0 Å². The molecule has 1 aromatic carbocycles. The number of nitrogens with zero attached hydrogens (tertiary/aromatic N) is 3. The fraction of sp³-hybridized carbons (Fsp3) is 0.625. The van der Waals surface area contributed by atoms with Crippen LogP contribution >= 0.6 is 0 Å². The van der Waals surface area contributed by atoms with Crippen LogP contribution in [0, 0.1) is 0 Å². The summed E-state index contributed by atoms with van der Waals surface area (Å²) in [5.41, 5.74) is 3.32. The Morgan fingerprint density at radius 2 is 1.97 bits per heavy atom. The Hall–Kier alpha value is -1.85. The normalized spacial score (nSPS) is 21.9. The van der Waals surface area contributed by atoms with Crippen molar-refractivity contribution >= 4 is 16.8 Å². The van der Waals surface area contributed by atoms with Crippen molar-refractivity contribution in [1.29, 1.82) is 0 Å². The molecule has 1 aromatic heterocycles. The monoisotopic (exact) mass is 396 g/mol. The minimum Gasteiger partial charge on any atom is -0.361 e. The van der Waals surface area contributed by atoms with Gasteiger partial charge in [0.25, 0.3) is 5.91 Å². The van der Waals surface area contributed by atoms with Crippen LogP contribution in [0.3, 0.4) is 0 Å². The van der Waals surface area contributed by atoms with Gasteiger partial charge in [0.2, 0.25) is 0 Å². The van der Waals surface area contributed by atoms with E-state index in [9.17, 15) is 4.79 Å². The summed E-state index contributed by atoms with van der Waals surface area (Å²) in [4.78, 5) is 23.5. The summed E-state index contributed by atoms with van der Waals surface area (Å²) >= 11 is 0. The average Bonchev–Trinajstić information content (AvgIpc) is 3.17. The number of amides is 1. The first kappa shape index (κ1) is 20.4. The number of H-pyrrole nitrogens is 1. The Morgan fingerprint density at radius 1 is 1.17 bits per heavy atom. The lowest BCUT2D eigenvalue weighted by atomic mass is 9.90. The third kappa shape index (κ3) is 4.36. The molecule has 3 heterocycles. The molecule has 1 atom stereocenters. The maximum atomic E-state index is 13.0. The summed E-state index contributed by atoms with van der Waals surface area (Å²) in [5.74, 6) is 0.757. The van der Waals surface area contributed by atoms with Crippen molar-refractivity contribution < 1.29 is 4.79 Å². The standard InChI is InChI=1S/C24H36N4O/c1-4-9-26-10-5-6-20(17-26)22-16-25-23-15-19(7-8-21(22)23)24(29)28-13-11-27(12-14-28)18(2)3/h7-8,15-16,18,20,25H,4-6,9-14,17H2,1-3H3. The maximum Gasteiger partial charge on any atom is 0.254 e. The number of aromatic amines is 1. The van der Waals surface area contributed by atoms with Crippen molar-refractivity contribution in [3.63, 3.8) is 0 Å². The molecule has 2 aliphatic rings. The van der Waals surface area contributed by atoms with Gasteiger partial charge in [0.15, 0.2) is 0 Å². The van der Waals surface area contributed by atoms with Crippen LogP contribution in [0.4, 0.5) is 0 Å². The highest BCUT2D eigenvalue weighted by Gasteiger charge is 2.25. The van der Waals surface area contributed by atoms with Crippen molar-refractivity contribution in [3.05, 3.63) is 35.5 Å². The number of hydrogen-bond donors (Lipinski definition) is 1. The number of aromatic nitrogens is 1. The van der Waals surface area contributed by atoms with Crippen molar-refractivity contribution in [3.8, 4) is 0 Å². The molecule has 0 bridgehead atoms. The molecule has 2 saturated heterocycles. The Morgan fingerprint density at radius 3 is 2.69 bits per heavy atom. The number of nitrogens with one attached hydrogen (secondary N) is 1. The molecule has 4 rings (SSSR count). The fourth-order valence-corrected chi connectivity index (χ4v) is 5.07. The molecular formula is C24H36N4O. The Kier molecular flexibility index (Phi) is 6.26. The number of rotatable bonds is 5. The van der Waals surface area contributed by atoms with Gasteiger partial charge in [-0.05, 0) is 69.8 Å². The molecule has 0 spiro atoms. The SMILES string of the molecule is CCCN1CCCC(c2c[nH]c3cc(C(=O)N4CCN(C(C)C)CC4)ccc23)C1. The van der Waals surface area contributed by atoms with E-state index < -0.39 is 0 Å². The summed E-state index contributed by atoms with van der Waals surface area (Å²) < 4.78 is 0. The van der Waals surface area contributed by atoms with Crippen LogP contribution in [-0.4, -0.2) is 77.4 Å². The molecule has 158 valence electrons. The van der Waals surface area contributed by atoms with Crippen LogP contribution in [0.15, 0.2) is 24.4 Å². The average molecular weight is 397 g/mol. The zero-order chi connectivity index (χ0) is 20.4. The van der Waals surface area contributed by atoms with E-state index in [1.807, 2.05) is 11.0 Å². The molecule has 2 fully saturated rings. The number of piperazine rings is 1. The predicted octanol–water partition coefficient (Wildman–Crippen LogP) is 3.92. The van der Waals surface area contributed by atoms with Crippen molar-refractivity contribution in [2.45, 2.75) is 52.0 Å². The number of fused-ring (bicyclic) bond motifs is 1. The van der Waals surface area contributed by atoms with Gasteiger partial charge in [0.1, 0.15) is 0 Å². The second-order valence-electron chi connectivity index (χ2n) is 9.07. The van der Waals surface area contributed by atoms with Crippen LogP contribution in [0.1, 0.15) is 61.9 Å². The highest BCUT2D eigenvalue weighted by Crippen LogP contribution is 2.32. The lowest BCUT2D eigenvalue weighted by Crippen LogP contribution is -2.50. The van der Waals surface area contributed by atoms with Gasteiger partial charge < -0.3 is 14.8 Å². The summed E-state index contributed by atoms with van der Waals surface area (Å²) in [5, 5.41) is 1.29. The van der Waals surface area contributed by atoms with E-state index >= 15 is 0 Å². The first-order valence-electron chi connectivity index (χ1n) is 11.4. The van der Waals surface area contributed by atoms with Crippen LogP contribution < -0.4 is 0 Å². The number of carbonyl (C=O) groups is 1. The van der Waals surface area contributed by atoms with Crippen LogP contribution in [0.5, 0.6) is 0 Å². The quantitative estimate of drug-likeness (QED) is 0.833. The van der Waals surface area contributed by atoms with Crippen molar-refractivity contribution in [2.75, 3.05) is 45.8 Å². The molecule has 29 heavy (non-hydrogen) atoms. The zero-order valence-electron chi connectivity index (χ0n) is 18.3. The summed E-state index contributed by atoms with van der Waals surface area (Å²) in [6.45, 7) is 13.9. The number of hydrogen-bond acceptors (Lipinski definition) is 3.